The van der Waals surface area contributed by atoms with Crippen LogP contribution in [0.5, 0.6) is 5.75 Å². The molecule has 1 aromatic rings. The maximum atomic E-state index is 5.46. The zero-order valence-electron chi connectivity index (χ0n) is 9.74. The minimum Gasteiger partial charge on any atom is -0.495 e. The lowest BCUT2D eigenvalue weighted by Gasteiger charge is -2.23. The normalized spacial score (nSPS) is 20.4. The minimum absolute atomic E-state index is 0.624. The van der Waals surface area contributed by atoms with Crippen LogP contribution in [-0.2, 0) is 4.74 Å². The first-order valence-corrected chi connectivity index (χ1v) is 5.85. The van der Waals surface area contributed by atoms with Crippen LogP contribution in [0.15, 0.2) is 24.3 Å². The van der Waals surface area contributed by atoms with Crippen molar-refractivity contribution in [3.8, 4) is 5.75 Å². The van der Waals surface area contributed by atoms with Crippen LogP contribution in [0.25, 0.3) is 0 Å². The molecule has 0 aromatic heterocycles. The summed E-state index contributed by atoms with van der Waals surface area (Å²) in [5, 5.41) is 3.43. The van der Waals surface area contributed by atoms with E-state index in [9.17, 15) is 0 Å². The fourth-order valence-corrected chi connectivity index (χ4v) is 2.01. The summed E-state index contributed by atoms with van der Waals surface area (Å²) >= 11 is 0. The maximum absolute atomic E-state index is 5.46. The first kappa shape index (κ1) is 11.3. The van der Waals surface area contributed by atoms with Crippen molar-refractivity contribution in [2.45, 2.75) is 12.8 Å². The smallest absolute Gasteiger partial charge is 0.141 e. The number of hydrogen-bond acceptors (Lipinski definition) is 3. The quantitative estimate of drug-likeness (QED) is 0.847. The fourth-order valence-electron chi connectivity index (χ4n) is 2.01. The number of benzene rings is 1. The number of anilines is 1. The summed E-state index contributed by atoms with van der Waals surface area (Å²) in [5.74, 6) is 1.53. The van der Waals surface area contributed by atoms with E-state index >= 15 is 0 Å². The van der Waals surface area contributed by atoms with E-state index in [0.717, 1.165) is 31.2 Å². The number of rotatable bonds is 4. The third-order valence-corrected chi connectivity index (χ3v) is 2.94. The van der Waals surface area contributed by atoms with Gasteiger partial charge < -0.3 is 14.8 Å². The number of ether oxygens (including phenoxy) is 2. The van der Waals surface area contributed by atoms with Crippen molar-refractivity contribution >= 4 is 5.69 Å². The van der Waals surface area contributed by atoms with Gasteiger partial charge in [0.2, 0.25) is 0 Å². The van der Waals surface area contributed by atoms with Gasteiger partial charge >= 0.3 is 0 Å². The van der Waals surface area contributed by atoms with Gasteiger partial charge in [0.25, 0.3) is 0 Å². The second-order valence-electron chi connectivity index (χ2n) is 4.16. The molecule has 88 valence electrons. The van der Waals surface area contributed by atoms with Crippen LogP contribution in [0.1, 0.15) is 12.8 Å². The highest BCUT2D eigenvalue weighted by Crippen LogP contribution is 2.24. The molecule has 0 saturated carbocycles. The molecule has 3 heteroatoms. The predicted octanol–water partition coefficient (Wildman–Crippen LogP) is 2.53. The molecular weight excluding hydrogens is 202 g/mol. The van der Waals surface area contributed by atoms with Crippen molar-refractivity contribution in [3.63, 3.8) is 0 Å². The van der Waals surface area contributed by atoms with Crippen molar-refractivity contribution in [1.29, 1.82) is 0 Å². The lowest BCUT2D eigenvalue weighted by Crippen LogP contribution is -2.24. The van der Waals surface area contributed by atoms with Crippen LogP contribution in [0.2, 0.25) is 0 Å². The molecule has 1 aliphatic rings. The standard InChI is InChI=1S/C13H19NO2/c1-15-13-7-3-2-6-12(13)14-9-11-5-4-8-16-10-11/h2-3,6-7,11,14H,4-5,8-10H2,1H3. The van der Waals surface area contributed by atoms with Crippen LogP contribution < -0.4 is 10.1 Å². The summed E-state index contributed by atoms with van der Waals surface area (Å²) in [6.45, 7) is 2.76. The van der Waals surface area contributed by atoms with E-state index in [1.165, 1.54) is 12.8 Å². The predicted molar refractivity (Wildman–Crippen MR) is 65.0 cm³/mol. The third-order valence-electron chi connectivity index (χ3n) is 2.94. The van der Waals surface area contributed by atoms with E-state index in [4.69, 9.17) is 9.47 Å². The van der Waals surface area contributed by atoms with E-state index in [1.807, 2.05) is 24.3 Å². The molecule has 1 aliphatic heterocycles. The monoisotopic (exact) mass is 221 g/mol. The van der Waals surface area contributed by atoms with Crippen molar-refractivity contribution in [1.82, 2.24) is 0 Å². The molecule has 0 bridgehead atoms. The molecule has 3 nitrogen and oxygen atoms in total. The van der Waals surface area contributed by atoms with Crippen molar-refractivity contribution < 1.29 is 9.47 Å². The molecule has 1 fully saturated rings. The minimum atomic E-state index is 0.624. The molecular formula is C13H19NO2. The Bertz CT molecular complexity index is 321. The molecule has 1 aromatic carbocycles. The van der Waals surface area contributed by atoms with E-state index in [0.29, 0.717) is 5.92 Å². The molecule has 1 N–H and O–H groups in total. The Morgan fingerprint density at radius 1 is 1.44 bits per heavy atom. The highest BCUT2D eigenvalue weighted by molar-refractivity contribution is 5.56. The summed E-state index contributed by atoms with van der Waals surface area (Å²) < 4.78 is 10.7. The largest absolute Gasteiger partial charge is 0.495 e. The second-order valence-corrected chi connectivity index (χ2v) is 4.16. The summed E-state index contributed by atoms with van der Waals surface area (Å²) in [7, 11) is 1.70. The van der Waals surface area contributed by atoms with Crippen LogP contribution in [-0.4, -0.2) is 26.9 Å². The van der Waals surface area contributed by atoms with Gasteiger partial charge in [-0.15, -0.1) is 0 Å². The molecule has 1 saturated heterocycles. The van der Waals surface area contributed by atoms with Gasteiger partial charge in [-0.2, -0.15) is 0 Å². The number of hydrogen-bond donors (Lipinski definition) is 1. The second kappa shape index (κ2) is 5.75. The topological polar surface area (TPSA) is 30.5 Å². The lowest BCUT2D eigenvalue weighted by molar-refractivity contribution is 0.0595. The summed E-state index contributed by atoms with van der Waals surface area (Å²) in [6, 6.07) is 8.01. The fraction of sp³-hybridized carbons (Fsp3) is 0.538. The molecule has 1 atom stereocenters. The summed E-state index contributed by atoms with van der Waals surface area (Å²) in [6.07, 6.45) is 2.43. The Morgan fingerprint density at radius 2 is 2.31 bits per heavy atom. The SMILES string of the molecule is COc1ccccc1NCC1CCCOC1. The van der Waals surface area contributed by atoms with E-state index in [2.05, 4.69) is 5.32 Å². The third kappa shape index (κ3) is 2.89. The molecule has 16 heavy (non-hydrogen) atoms. The summed E-state index contributed by atoms with van der Waals surface area (Å²) in [5.41, 5.74) is 1.07. The number of nitrogens with one attached hydrogen (secondary N) is 1. The first-order valence-electron chi connectivity index (χ1n) is 5.85. The Labute approximate surface area is 96.8 Å². The average Bonchev–Trinajstić information content (AvgIpc) is 2.38. The lowest BCUT2D eigenvalue weighted by atomic mass is 10.0. The summed E-state index contributed by atoms with van der Waals surface area (Å²) in [4.78, 5) is 0. The molecule has 1 unspecified atom stereocenters. The van der Waals surface area contributed by atoms with Gasteiger partial charge in [-0.3, -0.25) is 0 Å². The maximum Gasteiger partial charge on any atom is 0.141 e. The van der Waals surface area contributed by atoms with Gasteiger partial charge in [-0.05, 0) is 30.9 Å². The Hall–Kier alpha value is -1.22. The highest BCUT2D eigenvalue weighted by Gasteiger charge is 2.13. The van der Waals surface area contributed by atoms with Crippen molar-refractivity contribution in [3.05, 3.63) is 24.3 Å². The van der Waals surface area contributed by atoms with E-state index in [-0.39, 0.29) is 0 Å². The molecule has 0 radical (unpaired) electrons. The average molecular weight is 221 g/mol. The van der Waals surface area contributed by atoms with E-state index in [1.54, 1.807) is 7.11 Å². The Balaban J connectivity index is 1.88. The molecule has 0 aliphatic carbocycles. The van der Waals surface area contributed by atoms with Crippen molar-refractivity contribution in [2.75, 3.05) is 32.2 Å². The van der Waals surface area contributed by atoms with Gasteiger partial charge in [-0.1, -0.05) is 12.1 Å². The zero-order valence-corrected chi connectivity index (χ0v) is 9.74. The highest BCUT2D eigenvalue weighted by atomic mass is 16.5. The first-order chi connectivity index (χ1) is 7.90. The molecule has 0 amide bonds. The Kier molecular flexibility index (Phi) is 4.05. The van der Waals surface area contributed by atoms with Crippen LogP contribution in [0.3, 0.4) is 0 Å². The zero-order chi connectivity index (χ0) is 11.2. The van der Waals surface area contributed by atoms with Gasteiger partial charge in [0, 0.05) is 13.2 Å². The molecule has 0 spiro atoms. The van der Waals surface area contributed by atoms with Gasteiger partial charge in [-0.25, -0.2) is 0 Å². The van der Waals surface area contributed by atoms with Gasteiger partial charge in [0.15, 0.2) is 0 Å². The number of methoxy groups -OCH3 is 1. The van der Waals surface area contributed by atoms with Crippen LogP contribution in [0.4, 0.5) is 5.69 Å². The molecule has 2 rings (SSSR count). The molecule has 1 heterocycles. The number of para-hydroxylation sites is 2. The van der Waals surface area contributed by atoms with E-state index < -0.39 is 0 Å². The van der Waals surface area contributed by atoms with Crippen molar-refractivity contribution in [2.24, 2.45) is 5.92 Å². The van der Waals surface area contributed by atoms with Gasteiger partial charge in [0.1, 0.15) is 5.75 Å². The van der Waals surface area contributed by atoms with Crippen LogP contribution >= 0.6 is 0 Å². The van der Waals surface area contributed by atoms with Gasteiger partial charge in [0.05, 0.1) is 19.4 Å². The Morgan fingerprint density at radius 3 is 3.06 bits per heavy atom. The van der Waals surface area contributed by atoms with Crippen LogP contribution in [0, 0.1) is 5.92 Å².